The SMILES string of the molecule is CC(C)N1[C@@H]2CCC[C@H]1CC(NC(=O)Nc1ccccc1)C2. The standard InChI is InChI=1S/C18H27N3O/c1-13(2)21-16-9-6-10-17(21)12-15(11-16)20-18(22)19-14-7-4-3-5-8-14/h3-5,7-8,13,15-17H,6,9-12H2,1-2H3,(H2,19,20,22)/t15?,16-,17+. The van der Waals surface area contributed by atoms with E-state index in [1.165, 1.54) is 19.3 Å². The lowest BCUT2D eigenvalue weighted by Gasteiger charge is -2.51. The number of urea groups is 1. The van der Waals surface area contributed by atoms with Crippen molar-refractivity contribution in [2.75, 3.05) is 5.32 Å². The number of nitrogens with zero attached hydrogens (tertiary/aromatic N) is 1. The molecule has 22 heavy (non-hydrogen) atoms. The Morgan fingerprint density at radius 3 is 2.36 bits per heavy atom. The Morgan fingerprint density at radius 1 is 1.14 bits per heavy atom. The smallest absolute Gasteiger partial charge is 0.319 e. The Labute approximate surface area is 133 Å². The Balaban J connectivity index is 1.57. The highest BCUT2D eigenvalue weighted by atomic mass is 16.2. The normalized spacial score (nSPS) is 28.4. The number of carbonyl (C=O) groups excluding carboxylic acids is 1. The van der Waals surface area contributed by atoms with Gasteiger partial charge in [-0.2, -0.15) is 0 Å². The first kappa shape index (κ1) is 15.3. The molecule has 1 aromatic rings. The van der Waals surface area contributed by atoms with Crippen LogP contribution in [0.15, 0.2) is 30.3 Å². The highest BCUT2D eigenvalue weighted by Gasteiger charge is 2.39. The highest BCUT2D eigenvalue weighted by Crippen LogP contribution is 2.35. The van der Waals surface area contributed by atoms with Crippen LogP contribution in [-0.2, 0) is 0 Å². The van der Waals surface area contributed by atoms with E-state index in [-0.39, 0.29) is 6.03 Å². The van der Waals surface area contributed by atoms with Gasteiger partial charge in [0.05, 0.1) is 0 Å². The fourth-order valence-electron chi connectivity index (χ4n) is 4.25. The molecule has 1 unspecified atom stereocenters. The van der Waals surface area contributed by atoms with Crippen molar-refractivity contribution in [3.63, 3.8) is 0 Å². The number of piperidine rings is 2. The molecule has 3 rings (SSSR count). The second-order valence-corrected chi connectivity index (χ2v) is 6.91. The number of para-hydroxylation sites is 1. The molecule has 1 aromatic carbocycles. The van der Waals surface area contributed by atoms with Gasteiger partial charge in [-0.25, -0.2) is 4.79 Å². The van der Waals surface area contributed by atoms with Gasteiger partial charge in [0.2, 0.25) is 0 Å². The lowest BCUT2D eigenvalue weighted by atomic mass is 9.81. The van der Waals surface area contributed by atoms with Crippen molar-refractivity contribution in [1.82, 2.24) is 10.2 Å². The lowest BCUT2D eigenvalue weighted by Crippen LogP contribution is -2.59. The number of hydrogen-bond donors (Lipinski definition) is 2. The van der Waals surface area contributed by atoms with Crippen molar-refractivity contribution in [3.05, 3.63) is 30.3 Å². The van der Waals surface area contributed by atoms with E-state index in [2.05, 4.69) is 29.4 Å². The minimum Gasteiger partial charge on any atom is -0.335 e. The summed E-state index contributed by atoms with van der Waals surface area (Å²) in [4.78, 5) is 14.9. The molecular formula is C18H27N3O. The Kier molecular flexibility index (Phi) is 4.67. The van der Waals surface area contributed by atoms with Gasteiger partial charge < -0.3 is 10.6 Å². The van der Waals surface area contributed by atoms with E-state index >= 15 is 0 Å². The summed E-state index contributed by atoms with van der Waals surface area (Å²) in [7, 11) is 0. The van der Waals surface area contributed by atoms with E-state index in [0.29, 0.717) is 24.2 Å². The summed E-state index contributed by atoms with van der Waals surface area (Å²) in [5, 5.41) is 6.10. The highest BCUT2D eigenvalue weighted by molar-refractivity contribution is 5.89. The third kappa shape index (κ3) is 3.43. The predicted octanol–water partition coefficient (Wildman–Crippen LogP) is 3.60. The van der Waals surface area contributed by atoms with Crippen LogP contribution in [0.4, 0.5) is 10.5 Å². The summed E-state index contributed by atoms with van der Waals surface area (Å²) in [5.74, 6) is 0. The Morgan fingerprint density at radius 2 is 1.77 bits per heavy atom. The number of nitrogens with one attached hydrogen (secondary N) is 2. The predicted molar refractivity (Wildman–Crippen MR) is 90.0 cm³/mol. The zero-order chi connectivity index (χ0) is 15.5. The number of carbonyl (C=O) groups is 1. The summed E-state index contributed by atoms with van der Waals surface area (Å²) >= 11 is 0. The molecule has 0 aromatic heterocycles. The van der Waals surface area contributed by atoms with Crippen molar-refractivity contribution in [1.29, 1.82) is 0 Å². The molecule has 2 amide bonds. The third-order valence-corrected chi connectivity index (χ3v) is 4.99. The molecule has 4 heteroatoms. The molecule has 0 aliphatic carbocycles. The number of rotatable bonds is 3. The quantitative estimate of drug-likeness (QED) is 0.896. The van der Waals surface area contributed by atoms with Gasteiger partial charge in [-0.05, 0) is 51.7 Å². The first-order valence-electron chi connectivity index (χ1n) is 8.53. The molecule has 2 heterocycles. The van der Waals surface area contributed by atoms with E-state index in [1.807, 2.05) is 30.3 Å². The van der Waals surface area contributed by atoms with Crippen molar-refractivity contribution >= 4 is 11.7 Å². The number of benzene rings is 1. The molecule has 3 atom stereocenters. The monoisotopic (exact) mass is 301 g/mol. The van der Waals surface area contributed by atoms with Gasteiger partial charge in [0, 0.05) is 29.9 Å². The van der Waals surface area contributed by atoms with Crippen LogP contribution in [0.3, 0.4) is 0 Å². The minimum atomic E-state index is -0.0766. The zero-order valence-electron chi connectivity index (χ0n) is 13.6. The van der Waals surface area contributed by atoms with E-state index in [0.717, 1.165) is 18.5 Å². The molecule has 0 saturated carbocycles. The Bertz CT molecular complexity index is 488. The average molecular weight is 301 g/mol. The minimum absolute atomic E-state index is 0.0766. The van der Waals surface area contributed by atoms with Crippen LogP contribution in [0.25, 0.3) is 0 Å². The molecule has 2 fully saturated rings. The number of amides is 2. The van der Waals surface area contributed by atoms with E-state index in [4.69, 9.17) is 0 Å². The van der Waals surface area contributed by atoms with E-state index in [1.54, 1.807) is 0 Å². The maximum atomic E-state index is 12.2. The number of anilines is 1. The molecular weight excluding hydrogens is 274 g/mol. The number of hydrogen-bond acceptors (Lipinski definition) is 2. The van der Waals surface area contributed by atoms with Gasteiger partial charge >= 0.3 is 6.03 Å². The van der Waals surface area contributed by atoms with Crippen molar-refractivity contribution in [2.24, 2.45) is 0 Å². The summed E-state index contributed by atoms with van der Waals surface area (Å²) < 4.78 is 0. The van der Waals surface area contributed by atoms with Gasteiger partial charge in [0.25, 0.3) is 0 Å². The van der Waals surface area contributed by atoms with Crippen LogP contribution < -0.4 is 10.6 Å². The molecule has 120 valence electrons. The van der Waals surface area contributed by atoms with Gasteiger partial charge in [0.1, 0.15) is 0 Å². The molecule has 2 aliphatic heterocycles. The maximum Gasteiger partial charge on any atom is 0.319 e. The van der Waals surface area contributed by atoms with Crippen LogP contribution in [-0.4, -0.2) is 35.1 Å². The van der Waals surface area contributed by atoms with Crippen LogP contribution in [0.2, 0.25) is 0 Å². The maximum absolute atomic E-state index is 12.2. The molecule has 2 saturated heterocycles. The van der Waals surface area contributed by atoms with Crippen molar-refractivity contribution < 1.29 is 4.79 Å². The summed E-state index contributed by atoms with van der Waals surface area (Å²) in [6.07, 6.45) is 6.04. The largest absolute Gasteiger partial charge is 0.335 e. The molecule has 4 nitrogen and oxygen atoms in total. The molecule has 0 radical (unpaired) electrons. The Hall–Kier alpha value is -1.55. The summed E-state index contributed by atoms with van der Waals surface area (Å²) in [5.41, 5.74) is 0.847. The second-order valence-electron chi connectivity index (χ2n) is 6.91. The fraction of sp³-hybridized carbons (Fsp3) is 0.611. The number of fused-ring (bicyclic) bond motifs is 2. The van der Waals surface area contributed by atoms with Crippen molar-refractivity contribution in [3.8, 4) is 0 Å². The third-order valence-electron chi connectivity index (χ3n) is 4.99. The average Bonchev–Trinajstić information content (AvgIpc) is 2.47. The molecule has 2 bridgehead atoms. The van der Waals surface area contributed by atoms with Gasteiger partial charge in [0.15, 0.2) is 0 Å². The van der Waals surface area contributed by atoms with E-state index < -0.39 is 0 Å². The van der Waals surface area contributed by atoms with Crippen LogP contribution in [0.5, 0.6) is 0 Å². The van der Waals surface area contributed by atoms with Crippen molar-refractivity contribution in [2.45, 2.75) is 70.1 Å². The lowest BCUT2D eigenvalue weighted by molar-refractivity contribution is 0.00233. The van der Waals surface area contributed by atoms with Gasteiger partial charge in [-0.1, -0.05) is 24.6 Å². The van der Waals surface area contributed by atoms with Crippen LogP contribution in [0, 0.1) is 0 Å². The second kappa shape index (κ2) is 6.69. The first-order valence-corrected chi connectivity index (χ1v) is 8.53. The molecule has 0 spiro atoms. The molecule has 2 N–H and O–H groups in total. The summed E-state index contributed by atoms with van der Waals surface area (Å²) in [6, 6.07) is 11.7. The van der Waals surface area contributed by atoms with E-state index in [9.17, 15) is 4.79 Å². The molecule has 2 aliphatic rings. The fourth-order valence-corrected chi connectivity index (χ4v) is 4.25. The zero-order valence-corrected chi connectivity index (χ0v) is 13.6. The van der Waals surface area contributed by atoms with Gasteiger partial charge in [-0.15, -0.1) is 0 Å². The van der Waals surface area contributed by atoms with Gasteiger partial charge in [-0.3, -0.25) is 4.90 Å². The first-order chi connectivity index (χ1) is 10.6. The van der Waals surface area contributed by atoms with Crippen LogP contribution >= 0.6 is 0 Å². The topological polar surface area (TPSA) is 44.4 Å². The summed E-state index contributed by atoms with van der Waals surface area (Å²) in [6.45, 7) is 4.59. The van der Waals surface area contributed by atoms with Crippen LogP contribution in [0.1, 0.15) is 46.0 Å².